The minimum absolute atomic E-state index is 0.0511. The minimum atomic E-state index is -0.190. The second kappa shape index (κ2) is 5.08. The molecular weight excluding hydrogens is 181 g/mol. The average Bonchev–Trinajstić information content (AvgIpc) is 2.12. The van der Waals surface area contributed by atoms with Crippen molar-refractivity contribution in [3.8, 4) is 0 Å². The molecule has 0 fully saturated rings. The second-order valence-electron chi connectivity index (χ2n) is 3.56. The molecule has 0 heterocycles. The Labute approximate surface area is 83.6 Å². The largest absolute Gasteiger partial charge is 0.396 e. The number of hydrogen-bond donors (Lipinski definition) is 2. The molecule has 0 amide bonds. The van der Waals surface area contributed by atoms with Crippen LogP contribution < -0.4 is 5.73 Å². The van der Waals surface area contributed by atoms with Crippen molar-refractivity contribution < 1.29 is 9.50 Å². The van der Waals surface area contributed by atoms with Crippen molar-refractivity contribution in [2.75, 3.05) is 6.61 Å². The first-order chi connectivity index (χ1) is 6.63. The maximum absolute atomic E-state index is 12.9. The fraction of sp³-hybridized carbons (Fsp3) is 0.455. The van der Waals surface area contributed by atoms with Crippen LogP contribution in [0.2, 0.25) is 0 Å². The predicted octanol–water partition coefficient (Wildman–Crippen LogP) is 1.39. The lowest BCUT2D eigenvalue weighted by Gasteiger charge is -2.10. The van der Waals surface area contributed by atoms with E-state index in [1.54, 1.807) is 19.1 Å². The van der Waals surface area contributed by atoms with Gasteiger partial charge in [-0.3, -0.25) is 0 Å². The van der Waals surface area contributed by atoms with E-state index in [9.17, 15) is 4.39 Å². The van der Waals surface area contributed by atoms with Crippen molar-refractivity contribution in [3.05, 3.63) is 35.1 Å². The van der Waals surface area contributed by atoms with E-state index in [1.165, 1.54) is 6.07 Å². The van der Waals surface area contributed by atoms with Crippen LogP contribution in [0.5, 0.6) is 0 Å². The molecule has 1 unspecified atom stereocenters. The lowest BCUT2D eigenvalue weighted by molar-refractivity contribution is 0.275. The first kappa shape index (κ1) is 11.1. The van der Waals surface area contributed by atoms with Crippen LogP contribution in [-0.4, -0.2) is 17.8 Å². The van der Waals surface area contributed by atoms with E-state index < -0.39 is 0 Å². The fourth-order valence-corrected chi connectivity index (χ4v) is 1.40. The number of hydrogen-bond acceptors (Lipinski definition) is 2. The van der Waals surface area contributed by atoms with E-state index in [2.05, 4.69) is 0 Å². The van der Waals surface area contributed by atoms with Gasteiger partial charge in [0, 0.05) is 12.6 Å². The molecule has 1 aromatic carbocycles. The Bertz CT molecular complexity index is 301. The van der Waals surface area contributed by atoms with E-state index in [0.29, 0.717) is 18.4 Å². The summed E-state index contributed by atoms with van der Waals surface area (Å²) in [6.07, 6.45) is 1.26. The van der Waals surface area contributed by atoms with E-state index in [-0.39, 0.29) is 18.5 Å². The lowest BCUT2D eigenvalue weighted by atomic mass is 10.0. The van der Waals surface area contributed by atoms with E-state index in [4.69, 9.17) is 10.8 Å². The zero-order valence-corrected chi connectivity index (χ0v) is 8.33. The maximum Gasteiger partial charge on any atom is 0.126 e. The van der Waals surface area contributed by atoms with Crippen LogP contribution in [0.25, 0.3) is 0 Å². The zero-order valence-electron chi connectivity index (χ0n) is 8.33. The summed E-state index contributed by atoms with van der Waals surface area (Å²) in [7, 11) is 0. The molecule has 14 heavy (non-hydrogen) atoms. The third-order valence-corrected chi connectivity index (χ3v) is 2.22. The molecule has 2 nitrogen and oxygen atoms in total. The lowest BCUT2D eigenvalue weighted by Crippen LogP contribution is -2.24. The molecule has 3 N–H and O–H groups in total. The Kier molecular flexibility index (Phi) is 4.04. The molecule has 3 heteroatoms. The molecule has 1 aromatic rings. The standard InChI is InChI=1S/C11H16FNO/c1-8-6-9(2-3-11(8)12)7-10(13)4-5-14/h2-3,6,10,14H,4-5,7,13H2,1H3. The molecule has 0 aliphatic heterocycles. The Morgan fingerprint density at radius 1 is 1.50 bits per heavy atom. The van der Waals surface area contributed by atoms with Crippen LogP contribution in [0, 0.1) is 12.7 Å². The van der Waals surface area contributed by atoms with Gasteiger partial charge < -0.3 is 10.8 Å². The fourth-order valence-electron chi connectivity index (χ4n) is 1.40. The number of rotatable bonds is 4. The van der Waals surface area contributed by atoms with Crippen molar-refractivity contribution in [1.29, 1.82) is 0 Å². The van der Waals surface area contributed by atoms with Gasteiger partial charge in [0.2, 0.25) is 0 Å². The quantitative estimate of drug-likeness (QED) is 0.766. The van der Waals surface area contributed by atoms with E-state index in [1.807, 2.05) is 0 Å². The summed E-state index contributed by atoms with van der Waals surface area (Å²) in [6, 6.07) is 4.94. The van der Waals surface area contributed by atoms with Crippen LogP contribution in [0.4, 0.5) is 4.39 Å². The molecule has 0 aliphatic rings. The molecule has 0 aliphatic carbocycles. The summed E-state index contributed by atoms with van der Waals surface area (Å²) >= 11 is 0. The summed E-state index contributed by atoms with van der Waals surface area (Å²) in [4.78, 5) is 0. The summed E-state index contributed by atoms with van der Waals surface area (Å²) in [6.45, 7) is 1.83. The highest BCUT2D eigenvalue weighted by Gasteiger charge is 2.04. The number of aliphatic hydroxyl groups is 1. The predicted molar refractivity (Wildman–Crippen MR) is 54.5 cm³/mol. The molecule has 78 valence electrons. The van der Waals surface area contributed by atoms with Gasteiger partial charge in [-0.2, -0.15) is 0 Å². The van der Waals surface area contributed by atoms with Crippen LogP contribution in [0.1, 0.15) is 17.5 Å². The first-order valence-corrected chi connectivity index (χ1v) is 4.75. The van der Waals surface area contributed by atoms with Gasteiger partial charge in [-0.25, -0.2) is 4.39 Å². The van der Waals surface area contributed by atoms with Crippen molar-refractivity contribution in [2.45, 2.75) is 25.8 Å². The number of aliphatic hydroxyl groups excluding tert-OH is 1. The number of aryl methyl sites for hydroxylation is 1. The van der Waals surface area contributed by atoms with Gasteiger partial charge in [0.25, 0.3) is 0 Å². The smallest absolute Gasteiger partial charge is 0.126 e. The minimum Gasteiger partial charge on any atom is -0.396 e. The van der Waals surface area contributed by atoms with Gasteiger partial charge in [0.1, 0.15) is 5.82 Å². The van der Waals surface area contributed by atoms with Gasteiger partial charge in [-0.05, 0) is 37.0 Å². The van der Waals surface area contributed by atoms with E-state index in [0.717, 1.165) is 5.56 Å². The second-order valence-corrected chi connectivity index (χ2v) is 3.56. The highest BCUT2D eigenvalue weighted by atomic mass is 19.1. The van der Waals surface area contributed by atoms with Crippen LogP contribution in [-0.2, 0) is 6.42 Å². The van der Waals surface area contributed by atoms with Gasteiger partial charge in [0.15, 0.2) is 0 Å². The van der Waals surface area contributed by atoms with Crippen LogP contribution in [0.15, 0.2) is 18.2 Å². The highest BCUT2D eigenvalue weighted by molar-refractivity contribution is 5.24. The number of nitrogens with two attached hydrogens (primary N) is 1. The van der Waals surface area contributed by atoms with Gasteiger partial charge >= 0.3 is 0 Å². The number of halogens is 1. The molecule has 0 saturated carbocycles. The Morgan fingerprint density at radius 3 is 2.79 bits per heavy atom. The third-order valence-electron chi connectivity index (χ3n) is 2.22. The molecule has 1 rings (SSSR count). The Morgan fingerprint density at radius 2 is 2.21 bits per heavy atom. The summed E-state index contributed by atoms with van der Waals surface area (Å²) < 4.78 is 12.9. The van der Waals surface area contributed by atoms with Crippen LogP contribution >= 0.6 is 0 Å². The summed E-state index contributed by atoms with van der Waals surface area (Å²) in [5.74, 6) is -0.190. The third kappa shape index (κ3) is 3.09. The average molecular weight is 197 g/mol. The Hall–Kier alpha value is -0.930. The number of benzene rings is 1. The zero-order chi connectivity index (χ0) is 10.6. The van der Waals surface area contributed by atoms with Crippen molar-refractivity contribution >= 4 is 0 Å². The highest BCUT2D eigenvalue weighted by Crippen LogP contribution is 2.11. The maximum atomic E-state index is 12.9. The van der Waals surface area contributed by atoms with Crippen molar-refractivity contribution in [3.63, 3.8) is 0 Å². The van der Waals surface area contributed by atoms with Crippen LogP contribution in [0.3, 0.4) is 0 Å². The first-order valence-electron chi connectivity index (χ1n) is 4.75. The van der Waals surface area contributed by atoms with Crippen molar-refractivity contribution in [1.82, 2.24) is 0 Å². The summed E-state index contributed by atoms with van der Waals surface area (Å²) in [5, 5.41) is 8.67. The molecule has 0 bridgehead atoms. The topological polar surface area (TPSA) is 46.2 Å². The van der Waals surface area contributed by atoms with Gasteiger partial charge in [-0.1, -0.05) is 12.1 Å². The molecule has 0 spiro atoms. The van der Waals surface area contributed by atoms with Gasteiger partial charge in [-0.15, -0.1) is 0 Å². The van der Waals surface area contributed by atoms with Gasteiger partial charge in [0.05, 0.1) is 0 Å². The molecule has 0 saturated heterocycles. The Balaban J connectivity index is 2.63. The molecular formula is C11H16FNO. The summed E-state index contributed by atoms with van der Waals surface area (Å²) in [5.41, 5.74) is 7.41. The SMILES string of the molecule is Cc1cc(CC(N)CCO)ccc1F. The van der Waals surface area contributed by atoms with E-state index >= 15 is 0 Å². The molecule has 1 atom stereocenters. The molecule has 0 radical (unpaired) electrons. The monoisotopic (exact) mass is 197 g/mol. The normalized spacial score (nSPS) is 12.9. The molecule has 0 aromatic heterocycles. The van der Waals surface area contributed by atoms with Crippen molar-refractivity contribution in [2.24, 2.45) is 5.73 Å².